The lowest BCUT2D eigenvalue weighted by molar-refractivity contribution is -0.144. The van der Waals surface area contributed by atoms with Gasteiger partial charge in [-0.25, -0.2) is 5.10 Å². The van der Waals surface area contributed by atoms with E-state index < -0.39 is 5.97 Å². The molecule has 0 aliphatic carbocycles. The molecule has 110 valence electrons. The zero-order chi connectivity index (χ0) is 15.0. The van der Waals surface area contributed by atoms with E-state index in [0.717, 1.165) is 0 Å². The van der Waals surface area contributed by atoms with Gasteiger partial charge in [0.15, 0.2) is 0 Å². The summed E-state index contributed by atoms with van der Waals surface area (Å²) in [6, 6.07) is 2.83. The van der Waals surface area contributed by atoms with Crippen molar-refractivity contribution in [2.45, 2.75) is 19.8 Å². The number of aliphatic carboxylic acids is 1. The van der Waals surface area contributed by atoms with Crippen molar-refractivity contribution in [3.05, 3.63) is 22.5 Å². The fourth-order valence-electron chi connectivity index (χ4n) is 1.62. The Morgan fingerprint density at radius 2 is 2.20 bits per heavy atom. The highest BCUT2D eigenvalue weighted by Gasteiger charge is 2.15. The van der Waals surface area contributed by atoms with E-state index in [9.17, 15) is 14.4 Å². The summed E-state index contributed by atoms with van der Waals surface area (Å²) in [4.78, 5) is 34.6. The number of aromatic nitrogens is 2. The van der Waals surface area contributed by atoms with Crippen LogP contribution in [0.1, 0.15) is 19.8 Å². The van der Waals surface area contributed by atoms with Gasteiger partial charge in [-0.3, -0.25) is 14.4 Å². The minimum Gasteiger partial charge on any atom is -0.480 e. The zero-order valence-corrected chi connectivity index (χ0v) is 11.3. The molecule has 8 nitrogen and oxygen atoms in total. The first-order valence-electron chi connectivity index (χ1n) is 6.32. The van der Waals surface area contributed by atoms with Crippen LogP contribution in [0.25, 0.3) is 0 Å². The Morgan fingerprint density at radius 1 is 1.45 bits per heavy atom. The van der Waals surface area contributed by atoms with Crippen molar-refractivity contribution in [1.82, 2.24) is 15.1 Å². The molecule has 3 N–H and O–H groups in total. The van der Waals surface area contributed by atoms with Gasteiger partial charge in [-0.15, -0.1) is 0 Å². The van der Waals surface area contributed by atoms with Gasteiger partial charge in [0.1, 0.15) is 12.4 Å². The van der Waals surface area contributed by atoms with Gasteiger partial charge in [0, 0.05) is 25.6 Å². The van der Waals surface area contributed by atoms with E-state index in [-0.39, 0.29) is 24.4 Å². The number of aromatic amines is 1. The quantitative estimate of drug-likeness (QED) is 0.613. The van der Waals surface area contributed by atoms with Gasteiger partial charge < -0.3 is 15.3 Å². The van der Waals surface area contributed by atoms with Gasteiger partial charge in [-0.05, 0) is 12.5 Å². The summed E-state index contributed by atoms with van der Waals surface area (Å²) in [5.41, 5.74) is -0.304. The standard InChI is InChI=1S/C12H18N4O4/c1-2-7-16(8-12(19)20)11(18)5-6-13-9-3-4-10(17)15-14-9/h3-4H,2,5-8H2,1H3,(H,13,14)(H,15,17)(H,19,20). The minimum absolute atomic E-state index is 0.161. The molecule has 1 heterocycles. The monoisotopic (exact) mass is 282 g/mol. The molecule has 0 bridgehead atoms. The van der Waals surface area contributed by atoms with Gasteiger partial charge in [0.25, 0.3) is 5.56 Å². The largest absolute Gasteiger partial charge is 0.480 e. The number of amides is 1. The van der Waals surface area contributed by atoms with Crippen molar-refractivity contribution in [3.8, 4) is 0 Å². The molecule has 0 fully saturated rings. The summed E-state index contributed by atoms with van der Waals surface area (Å²) in [6.07, 6.45) is 0.863. The first-order valence-corrected chi connectivity index (χ1v) is 6.32. The summed E-state index contributed by atoms with van der Waals surface area (Å²) in [5, 5.41) is 17.6. The smallest absolute Gasteiger partial charge is 0.323 e. The maximum absolute atomic E-state index is 11.9. The molecular weight excluding hydrogens is 264 g/mol. The van der Waals surface area contributed by atoms with E-state index in [4.69, 9.17) is 5.11 Å². The second kappa shape index (κ2) is 7.93. The lowest BCUT2D eigenvalue weighted by Gasteiger charge is -2.19. The molecule has 1 amide bonds. The minimum atomic E-state index is -1.03. The highest BCUT2D eigenvalue weighted by Crippen LogP contribution is 2.00. The maximum atomic E-state index is 11.9. The second-order valence-corrected chi connectivity index (χ2v) is 4.19. The summed E-state index contributed by atoms with van der Waals surface area (Å²) < 4.78 is 0. The molecule has 1 rings (SSSR count). The Morgan fingerprint density at radius 3 is 2.75 bits per heavy atom. The Kier molecular flexibility index (Phi) is 6.21. The third kappa shape index (κ3) is 5.51. The van der Waals surface area contributed by atoms with Crippen LogP contribution in [0.15, 0.2) is 16.9 Å². The number of rotatable bonds is 8. The summed E-state index contributed by atoms with van der Waals surface area (Å²) in [7, 11) is 0. The SMILES string of the molecule is CCCN(CC(=O)O)C(=O)CCNc1ccc(=O)[nH]n1. The van der Waals surface area contributed by atoms with Crippen LogP contribution in [0.2, 0.25) is 0 Å². The Labute approximate surface area is 115 Å². The first kappa shape index (κ1) is 15.7. The third-order valence-electron chi connectivity index (χ3n) is 2.50. The van der Waals surface area contributed by atoms with Crippen LogP contribution in [-0.2, 0) is 9.59 Å². The van der Waals surface area contributed by atoms with Crippen LogP contribution < -0.4 is 10.9 Å². The average Bonchev–Trinajstić information content (AvgIpc) is 2.40. The number of anilines is 1. The number of nitrogens with zero attached hydrogens (tertiary/aromatic N) is 2. The Hall–Kier alpha value is -2.38. The van der Waals surface area contributed by atoms with Crippen molar-refractivity contribution in [3.63, 3.8) is 0 Å². The fourth-order valence-corrected chi connectivity index (χ4v) is 1.62. The summed E-state index contributed by atoms with van der Waals surface area (Å²) in [6.45, 7) is 2.33. The molecule has 0 saturated carbocycles. The van der Waals surface area contributed by atoms with Crippen molar-refractivity contribution in [2.24, 2.45) is 0 Å². The molecule has 8 heteroatoms. The summed E-state index contributed by atoms with van der Waals surface area (Å²) >= 11 is 0. The Balaban J connectivity index is 2.42. The molecule has 1 aromatic heterocycles. The van der Waals surface area contributed by atoms with Crippen molar-refractivity contribution >= 4 is 17.7 Å². The molecular formula is C12H18N4O4. The van der Waals surface area contributed by atoms with Gasteiger partial charge in [-0.2, -0.15) is 5.10 Å². The van der Waals surface area contributed by atoms with E-state index in [1.54, 1.807) is 0 Å². The molecule has 0 unspecified atom stereocenters. The molecule has 0 spiro atoms. The van der Waals surface area contributed by atoms with Crippen LogP contribution in [0.3, 0.4) is 0 Å². The number of carbonyl (C=O) groups excluding carboxylic acids is 1. The van der Waals surface area contributed by atoms with E-state index in [0.29, 0.717) is 25.3 Å². The number of hydrogen-bond acceptors (Lipinski definition) is 5. The number of carboxylic acid groups (broad SMARTS) is 1. The lowest BCUT2D eigenvalue weighted by Crippen LogP contribution is -2.37. The Bertz CT molecular complexity index is 494. The lowest BCUT2D eigenvalue weighted by atomic mass is 10.3. The second-order valence-electron chi connectivity index (χ2n) is 4.19. The van der Waals surface area contributed by atoms with E-state index in [1.807, 2.05) is 6.92 Å². The molecule has 0 aliphatic heterocycles. The van der Waals surface area contributed by atoms with Crippen molar-refractivity contribution < 1.29 is 14.7 Å². The van der Waals surface area contributed by atoms with Crippen molar-refractivity contribution in [2.75, 3.05) is 25.0 Å². The molecule has 0 saturated heterocycles. The van der Waals surface area contributed by atoms with Crippen molar-refractivity contribution in [1.29, 1.82) is 0 Å². The van der Waals surface area contributed by atoms with Crippen LogP contribution in [0.4, 0.5) is 5.82 Å². The molecule has 0 aromatic carbocycles. The summed E-state index contributed by atoms with van der Waals surface area (Å²) in [5.74, 6) is -0.800. The molecule has 20 heavy (non-hydrogen) atoms. The molecule has 0 atom stereocenters. The average molecular weight is 282 g/mol. The molecule has 1 aromatic rings. The number of carbonyl (C=O) groups is 2. The van der Waals surface area contributed by atoms with E-state index in [2.05, 4.69) is 15.5 Å². The predicted octanol–water partition coefficient (Wildman–Crippen LogP) is -0.105. The van der Waals surface area contributed by atoms with Gasteiger partial charge in [0.05, 0.1) is 0 Å². The van der Waals surface area contributed by atoms with E-state index in [1.165, 1.54) is 17.0 Å². The van der Waals surface area contributed by atoms with Crippen LogP contribution in [0.5, 0.6) is 0 Å². The maximum Gasteiger partial charge on any atom is 0.323 e. The molecule has 0 aliphatic rings. The predicted molar refractivity (Wildman–Crippen MR) is 72.5 cm³/mol. The third-order valence-corrected chi connectivity index (χ3v) is 2.50. The fraction of sp³-hybridized carbons (Fsp3) is 0.500. The number of carboxylic acids is 1. The first-order chi connectivity index (χ1) is 9.52. The van der Waals surface area contributed by atoms with E-state index >= 15 is 0 Å². The number of hydrogen-bond donors (Lipinski definition) is 3. The number of nitrogens with one attached hydrogen (secondary N) is 2. The highest BCUT2D eigenvalue weighted by molar-refractivity contribution is 5.81. The highest BCUT2D eigenvalue weighted by atomic mass is 16.4. The van der Waals surface area contributed by atoms with Crippen LogP contribution in [-0.4, -0.2) is 51.7 Å². The molecule has 0 radical (unpaired) electrons. The zero-order valence-electron chi connectivity index (χ0n) is 11.3. The van der Waals surface area contributed by atoms with Gasteiger partial charge >= 0.3 is 5.97 Å². The topological polar surface area (TPSA) is 115 Å². The number of H-pyrrole nitrogens is 1. The van der Waals surface area contributed by atoms with Gasteiger partial charge in [0.2, 0.25) is 5.91 Å². The van der Waals surface area contributed by atoms with Gasteiger partial charge in [-0.1, -0.05) is 6.92 Å². The van der Waals surface area contributed by atoms with Crippen LogP contribution >= 0.6 is 0 Å². The normalized spacial score (nSPS) is 10.1. The van der Waals surface area contributed by atoms with Crippen LogP contribution in [0, 0.1) is 0 Å².